The number of anilines is 1. The molecule has 0 unspecified atom stereocenters. The first-order valence-electron chi connectivity index (χ1n) is 4.73. The highest BCUT2D eigenvalue weighted by Crippen LogP contribution is 2.31. The second-order valence-electron chi connectivity index (χ2n) is 3.15. The number of thioether (sulfide) groups is 1. The number of ether oxygens (including phenoxy) is 1. The van der Waals surface area contributed by atoms with Gasteiger partial charge in [-0.1, -0.05) is 39.0 Å². The van der Waals surface area contributed by atoms with E-state index >= 15 is 0 Å². The third-order valence-corrected chi connectivity index (χ3v) is 4.73. The average molecular weight is 332 g/mol. The molecule has 0 aliphatic rings. The van der Waals surface area contributed by atoms with Crippen molar-refractivity contribution in [3.8, 4) is 5.75 Å². The molecule has 2 aromatic rings. The van der Waals surface area contributed by atoms with Crippen molar-refractivity contribution in [2.75, 3.05) is 12.8 Å². The van der Waals surface area contributed by atoms with Gasteiger partial charge in [0.05, 0.1) is 7.11 Å². The van der Waals surface area contributed by atoms with Crippen LogP contribution in [0.3, 0.4) is 0 Å². The molecular formula is C10H10BrN3OS2. The molecule has 0 saturated carbocycles. The number of nitrogen functional groups attached to an aromatic ring is 1. The fourth-order valence-electron chi connectivity index (χ4n) is 1.21. The van der Waals surface area contributed by atoms with E-state index in [0.717, 1.165) is 25.9 Å². The maximum Gasteiger partial charge on any atom is 0.203 e. The molecular weight excluding hydrogens is 322 g/mol. The Morgan fingerprint density at radius 3 is 2.94 bits per heavy atom. The molecule has 0 fully saturated rings. The van der Waals surface area contributed by atoms with Crippen molar-refractivity contribution in [1.29, 1.82) is 0 Å². The SMILES string of the molecule is COc1ccc(Br)c(CSc2nnc(N)s2)c1. The van der Waals surface area contributed by atoms with E-state index in [0.29, 0.717) is 5.13 Å². The zero-order valence-corrected chi connectivity index (χ0v) is 12.2. The molecule has 1 aromatic carbocycles. The van der Waals surface area contributed by atoms with Crippen LogP contribution in [0.25, 0.3) is 0 Å². The Morgan fingerprint density at radius 1 is 1.47 bits per heavy atom. The maximum absolute atomic E-state index is 5.53. The summed E-state index contributed by atoms with van der Waals surface area (Å²) in [6.45, 7) is 0. The van der Waals surface area contributed by atoms with Crippen LogP contribution < -0.4 is 10.5 Å². The van der Waals surface area contributed by atoms with E-state index in [1.165, 1.54) is 11.3 Å². The number of hydrogen-bond acceptors (Lipinski definition) is 6. The van der Waals surface area contributed by atoms with Gasteiger partial charge in [0.15, 0.2) is 4.34 Å². The molecule has 0 saturated heterocycles. The number of rotatable bonds is 4. The molecule has 0 aliphatic heterocycles. The van der Waals surface area contributed by atoms with E-state index in [1.807, 2.05) is 18.2 Å². The summed E-state index contributed by atoms with van der Waals surface area (Å²) in [4.78, 5) is 0. The minimum absolute atomic E-state index is 0.497. The lowest BCUT2D eigenvalue weighted by Gasteiger charge is -2.05. The largest absolute Gasteiger partial charge is 0.497 e. The molecule has 1 aromatic heterocycles. The minimum Gasteiger partial charge on any atom is -0.497 e. The van der Waals surface area contributed by atoms with Crippen LogP contribution in [0.5, 0.6) is 5.75 Å². The third kappa shape index (κ3) is 3.34. The number of nitrogens with two attached hydrogens (primary N) is 1. The van der Waals surface area contributed by atoms with Crippen molar-refractivity contribution in [3.05, 3.63) is 28.2 Å². The van der Waals surface area contributed by atoms with Crippen molar-refractivity contribution < 1.29 is 4.74 Å². The van der Waals surface area contributed by atoms with Gasteiger partial charge < -0.3 is 10.5 Å². The van der Waals surface area contributed by atoms with Gasteiger partial charge in [-0.2, -0.15) is 0 Å². The summed E-state index contributed by atoms with van der Waals surface area (Å²) in [5.41, 5.74) is 6.68. The predicted molar refractivity (Wildman–Crippen MR) is 74.6 cm³/mol. The normalized spacial score (nSPS) is 10.5. The third-order valence-electron chi connectivity index (χ3n) is 2.03. The number of hydrogen-bond donors (Lipinski definition) is 1. The van der Waals surface area contributed by atoms with E-state index in [4.69, 9.17) is 10.5 Å². The minimum atomic E-state index is 0.497. The molecule has 7 heteroatoms. The smallest absolute Gasteiger partial charge is 0.203 e. The van der Waals surface area contributed by atoms with Gasteiger partial charge >= 0.3 is 0 Å². The fourth-order valence-corrected chi connectivity index (χ4v) is 3.41. The van der Waals surface area contributed by atoms with Crippen molar-refractivity contribution in [3.63, 3.8) is 0 Å². The molecule has 17 heavy (non-hydrogen) atoms. The highest BCUT2D eigenvalue weighted by atomic mass is 79.9. The van der Waals surface area contributed by atoms with Crippen molar-refractivity contribution in [2.24, 2.45) is 0 Å². The van der Waals surface area contributed by atoms with E-state index in [1.54, 1.807) is 18.9 Å². The van der Waals surface area contributed by atoms with Gasteiger partial charge in [-0.25, -0.2) is 0 Å². The average Bonchev–Trinajstić information content (AvgIpc) is 2.74. The zero-order chi connectivity index (χ0) is 12.3. The van der Waals surface area contributed by atoms with Crippen molar-refractivity contribution in [2.45, 2.75) is 10.1 Å². The lowest BCUT2D eigenvalue weighted by atomic mass is 10.2. The second kappa shape index (κ2) is 5.70. The summed E-state index contributed by atoms with van der Waals surface area (Å²) >= 11 is 6.51. The standard InChI is InChI=1S/C10H10BrN3OS2/c1-15-7-2-3-8(11)6(4-7)5-16-10-14-13-9(12)17-10/h2-4H,5H2,1H3,(H2,12,13). The fraction of sp³-hybridized carbons (Fsp3) is 0.200. The number of methoxy groups -OCH3 is 1. The van der Waals surface area contributed by atoms with Crippen LogP contribution in [-0.4, -0.2) is 17.3 Å². The molecule has 0 radical (unpaired) electrons. The molecule has 4 nitrogen and oxygen atoms in total. The van der Waals surface area contributed by atoms with Gasteiger partial charge in [-0.3, -0.25) is 0 Å². The second-order valence-corrected chi connectivity index (χ2v) is 6.24. The van der Waals surface area contributed by atoms with Crippen LogP contribution in [0, 0.1) is 0 Å². The molecule has 2 rings (SSSR count). The monoisotopic (exact) mass is 331 g/mol. The van der Waals surface area contributed by atoms with Crippen LogP contribution in [0.2, 0.25) is 0 Å². The molecule has 0 spiro atoms. The quantitative estimate of drug-likeness (QED) is 0.872. The zero-order valence-electron chi connectivity index (χ0n) is 9.01. The first-order valence-corrected chi connectivity index (χ1v) is 7.32. The highest BCUT2D eigenvalue weighted by Gasteiger charge is 2.06. The predicted octanol–water partition coefficient (Wildman–Crippen LogP) is 3.18. The van der Waals surface area contributed by atoms with Gasteiger partial charge in [-0.15, -0.1) is 10.2 Å². The number of halogens is 1. The summed E-state index contributed by atoms with van der Waals surface area (Å²) in [6, 6.07) is 5.89. The molecule has 0 bridgehead atoms. The highest BCUT2D eigenvalue weighted by molar-refractivity contribution is 9.10. The Kier molecular flexibility index (Phi) is 4.25. The van der Waals surface area contributed by atoms with Gasteiger partial charge in [0.25, 0.3) is 0 Å². The lowest BCUT2D eigenvalue weighted by molar-refractivity contribution is 0.414. The molecule has 2 N–H and O–H groups in total. The Labute approximate surface area is 116 Å². The maximum atomic E-state index is 5.53. The van der Waals surface area contributed by atoms with E-state index in [2.05, 4.69) is 26.1 Å². The van der Waals surface area contributed by atoms with Crippen LogP contribution in [0.1, 0.15) is 5.56 Å². The topological polar surface area (TPSA) is 61.0 Å². The van der Waals surface area contributed by atoms with Gasteiger partial charge in [0.1, 0.15) is 5.75 Å². The summed E-state index contributed by atoms with van der Waals surface area (Å²) in [7, 11) is 1.66. The summed E-state index contributed by atoms with van der Waals surface area (Å²) in [6.07, 6.45) is 0. The molecule has 0 atom stereocenters. The Hall–Kier alpha value is -0.790. The van der Waals surface area contributed by atoms with Crippen LogP contribution >= 0.6 is 39.0 Å². The Morgan fingerprint density at radius 2 is 2.29 bits per heavy atom. The van der Waals surface area contributed by atoms with E-state index in [9.17, 15) is 0 Å². The summed E-state index contributed by atoms with van der Waals surface area (Å²) in [5, 5.41) is 8.23. The molecule has 1 heterocycles. The lowest BCUT2D eigenvalue weighted by Crippen LogP contribution is -1.87. The van der Waals surface area contributed by atoms with Gasteiger partial charge in [0, 0.05) is 10.2 Å². The molecule has 0 amide bonds. The first kappa shape index (κ1) is 12.7. The van der Waals surface area contributed by atoms with Crippen LogP contribution in [0.15, 0.2) is 27.0 Å². The Bertz CT molecular complexity index is 518. The summed E-state index contributed by atoms with van der Waals surface area (Å²) < 4.78 is 7.12. The number of benzene rings is 1. The summed E-state index contributed by atoms with van der Waals surface area (Å²) in [5.74, 6) is 1.65. The van der Waals surface area contributed by atoms with E-state index in [-0.39, 0.29) is 0 Å². The van der Waals surface area contributed by atoms with Crippen molar-refractivity contribution >= 4 is 44.2 Å². The van der Waals surface area contributed by atoms with Gasteiger partial charge in [0.2, 0.25) is 5.13 Å². The molecule has 90 valence electrons. The number of aromatic nitrogens is 2. The van der Waals surface area contributed by atoms with Crippen molar-refractivity contribution in [1.82, 2.24) is 10.2 Å². The first-order chi connectivity index (χ1) is 8.19. The van der Waals surface area contributed by atoms with Crippen LogP contribution in [-0.2, 0) is 5.75 Å². The molecule has 0 aliphatic carbocycles. The van der Waals surface area contributed by atoms with E-state index < -0.39 is 0 Å². The Balaban J connectivity index is 2.07. The number of nitrogens with zero attached hydrogens (tertiary/aromatic N) is 2. The van der Waals surface area contributed by atoms with Crippen LogP contribution in [0.4, 0.5) is 5.13 Å². The van der Waals surface area contributed by atoms with Gasteiger partial charge in [-0.05, 0) is 23.8 Å².